The molecule has 6 heteroatoms. The monoisotopic (exact) mass is 596 g/mol. The van der Waals surface area contributed by atoms with Crippen LogP contribution >= 0.6 is 0 Å². The topological polar surface area (TPSA) is 67.4 Å². The Morgan fingerprint density at radius 2 is 1.17 bits per heavy atom. The minimum atomic E-state index is -1.22. The average molecular weight is 597 g/mol. The Kier molecular flexibility index (Phi) is 5.85. The zero-order chi connectivity index (χ0) is 33.6. The third kappa shape index (κ3) is 4.77. The largest absolute Gasteiger partial charge is 0.309 e. The third-order valence-corrected chi connectivity index (χ3v) is 7.91. The molecule has 2 aromatic heterocycles. The van der Waals surface area contributed by atoms with Crippen LogP contribution in [0.1, 0.15) is 9.68 Å². The third-order valence-electron chi connectivity index (χ3n) is 7.91. The van der Waals surface area contributed by atoms with Crippen molar-refractivity contribution < 1.29 is 8.50 Å². The minimum Gasteiger partial charge on any atom is -0.309 e. The van der Waals surface area contributed by atoms with Crippen molar-refractivity contribution >= 4 is 21.8 Å². The first-order valence-electron chi connectivity index (χ1n) is 16.1. The molecule has 46 heavy (non-hydrogen) atoms. The van der Waals surface area contributed by atoms with Crippen LogP contribution in [0.2, 0.25) is 0 Å². The van der Waals surface area contributed by atoms with Crippen molar-refractivity contribution in [3.05, 3.63) is 157 Å². The molecule has 0 unspecified atom stereocenters. The molecule has 5 nitrogen and oxygen atoms in total. The van der Waals surface area contributed by atoms with Gasteiger partial charge in [-0.3, -0.25) is 0 Å². The molecule has 0 radical (unpaired) electrons. The number of nitrogens with zero attached hydrogens (tertiary/aromatic N) is 5. The van der Waals surface area contributed by atoms with Crippen LogP contribution in [-0.2, 0) is 0 Å². The second-order valence-corrected chi connectivity index (χ2v) is 10.7. The van der Waals surface area contributed by atoms with Crippen LogP contribution < -0.4 is 0 Å². The van der Waals surface area contributed by atoms with Crippen LogP contribution in [0.25, 0.3) is 72.8 Å². The number of hydrogen-bond donors (Lipinski definition) is 0. The van der Waals surface area contributed by atoms with Gasteiger partial charge in [0.05, 0.1) is 20.7 Å². The second-order valence-electron chi connectivity index (χ2n) is 10.7. The van der Waals surface area contributed by atoms with E-state index in [0.717, 1.165) is 38.6 Å². The van der Waals surface area contributed by atoms with Crippen LogP contribution in [0.5, 0.6) is 0 Å². The van der Waals surface area contributed by atoms with Gasteiger partial charge in [-0.15, -0.1) is 0 Å². The molecular weight excluding hydrogens is 569 g/mol. The molecule has 8 rings (SSSR count). The highest BCUT2D eigenvalue weighted by atomic mass is 19.1. The SMILES string of the molecule is [2H]c1c([2H])c(-c2nc(-c3cccc(-c4ccccc4)c3)nc(-c3ccc4c(c3)c3ccccc3n4-c3ccccc3)n2)c([2H])c(C#N)c1F. The number of aromatic nitrogens is 4. The molecule has 0 aliphatic heterocycles. The van der Waals surface area contributed by atoms with E-state index in [-0.39, 0.29) is 23.0 Å². The summed E-state index contributed by atoms with van der Waals surface area (Å²) in [6, 6.07) is 41.4. The molecule has 0 saturated heterocycles. The summed E-state index contributed by atoms with van der Waals surface area (Å²) in [5, 5.41) is 11.7. The summed E-state index contributed by atoms with van der Waals surface area (Å²) >= 11 is 0. The van der Waals surface area contributed by atoms with Crippen molar-refractivity contribution in [3.63, 3.8) is 0 Å². The lowest BCUT2D eigenvalue weighted by molar-refractivity contribution is 0.624. The van der Waals surface area contributed by atoms with E-state index in [1.807, 2.05) is 103 Å². The highest BCUT2D eigenvalue weighted by Crippen LogP contribution is 2.35. The lowest BCUT2D eigenvalue weighted by Crippen LogP contribution is -2.01. The molecule has 8 aromatic rings. The van der Waals surface area contributed by atoms with Gasteiger partial charge in [0.1, 0.15) is 11.9 Å². The molecule has 0 atom stereocenters. The van der Waals surface area contributed by atoms with E-state index >= 15 is 0 Å². The number of hydrogen-bond acceptors (Lipinski definition) is 4. The zero-order valence-electron chi connectivity index (χ0n) is 27.2. The molecule has 0 N–H and O–H groups in total. The van der Waals surface area contributed by atoms with Crippen molar-refractivity contribution in [3.8, 4) is 57.0 Å². The Labute approximate surface area is 268 Å². The molecule has 216 valence electrons. The normalized spacial score (nSPS) is 12.0. The lowest BCUT2D eigenvalue weighted by atomic mass is 10.0. The lowest BCUT2D eigenvalue weighted by Gasteiger charge is -2.11. The molecule has 0 aliphatic carbocycles. The first kappa shape index (κ1) is 23.9. The summed E-state index contributed by atoms with van der Waals surface area (Å²) in [4.78, 5) is 14.3. The molecule has 0 fully saturated rings. The summed E-state index contributed by atoms with van der Waals surface area (Å²) in [7, 11) is 0. The van der Waals surface area contributed by atoms with E-state index in [4.69, 9.17) is 14.1 Å². The fourth-order valence-corrected chi connectivity index (χ4v) is 5.76. The van der Waals surface area contributed by atoms with Crippen molar-refractivity contribution in [1.82, 2.24) is 19.5 Å². The minimum absolute atomic E-state index is 0.100. The van der Waals surface area contributed by atoms with Crippen molar-refractivity contribution in [2.24, 2.45) is 0 Å². The average Bonchev–Trinajstić information content (AvgIpc) is 3.48. The highest BCUT2D eigenvalue weighted by molar-refractivity contribution is 6.10. The van der Waals surface area contributed by atoms with Crippen LogP contribution in [0.4, 0.5) is 4.39 Å². The van der Waals surface area contributed by atoms with Crippen LogP contribution in [0.15, 0.2) is 146 Å². The number of rotatable bonds is 5. The van der Waals surface area contributed by atoms with Gasteiger partial charge < -0.3 is 4.57 Å². The summed E-state index contributed by atoms with van der Waals surface area (Å²) in [5.74, 6) is -0.794. The van der Waals surface area contributed by atoms with Gasteiger partial charge in [0, 0.05) is 33.2 Å². The molecule has 0 aliphatic rings. The Hall–Kier alpha value is -6.45. The fourth-order valence-electron chi connectivity index (χ4n) is 5.76. The number of fused-ring (bicyclic) bond motifs is 3. The fraction of sp³-hybridized carbons (Fsp3) is 0. The van der Waals surface area contributed by atoms with Crippen molar-refractivity contribution in [2.75, 3.05) is 0 Å². The van der Waals surface area contributed by atoms with Crippen LogP contribution in [0.3, 0.4) is 0 Å². The molecule has 2 heterocycles. The van der Waals surface area contributed by atoms with E-state index in [0.29, 0.717) is 11.1 Å². The Bertz CT molecular complexity index is 2620. The summed E-state index contributed by atoms with van der Waals surface area (Å²) < 4.78 is 42.5. The quantitative estimate of drug-likeness (QED) is 0.198. The van der Waals surface area contributed by atoms with Gasteiger partial charge in [-0.1, -0.05) is 84.9 Å². The Morgan fingerprint density at radius 1 is 0.565 bits per heavy atom. The maximum Gasteiger partial charge on any atom is 0.164 e. The van der Waals surface area contributed by atoms with Gasteiger partial charge in [0.2, 0.25) is 0 Å². The smallest absolute Gasteiger partial charge is 0.164 e. The molecular formula is C40H24FN5. The van der Waals surface area contributed by atoms with Crippen LogP contribution in [-0.4, -0.2) is 19.5 Å². The van der Waals surface area contributed by atoms with E-state index < -0.39 is 29.5 Å². The number of benzene rings is 6. The van der Waals surface area contributed by atoms with Crippen molar-refractivity contribution in [1.29, 1.82) is 5.26 Å². The number of halogens is 1. The van der Waals surface area contributed by atoms with E-state index in [1.54, 1.807) is 6.07 Å². The maximum absolute atomic E-state index is 14.8. The van der Waals surface area contributed by atoms with E-state index in [9.17, 15) is 9.65 Å². The van der Waals surface area contributed by atoms with Gasteiger partial charge in [0.15, 0.2) is 17.5 Å². The first-order valence-corrected chi connectivity index (χ1v) is 14.6. The van der Waals surface area contributed by atoms with E-state index in [1.165, 1.54) is 0 Å². The van der Waals surface area contributed by atoms with Crippen LogP contribution in [0, 0.1) is 17.1 Å². The Balaban J connectivity index is 1.38. The number of nitriles is 1. The second kappa shape index (κ2) is 11.2. The van der Waals surface area contributed by atoms with Gasteiger partial charge >= 0.3 is 0 Å². The molecule has 0 spiro atoms. The summed E-state index contributed by atoms with van der Waals surface area (Å²) in [6.07, 6.45) is 0. The molecule has 0 bridgehead atoms. The van der Waals surface area contributed by atoms with Gasteiger partial charge in [-0.2, -0.15) is 5.26 Å². The molecule has 0 amide bonds. The number of para-hydroxylation sites is 2. The van der Waals surface area contributed by atoms with Gasteiger partial charge in [-0.25, -0.2) is 19.3 Å². The van der Waals surface area contributed by atoms with E-state index in [2.05, 4.69) is 33.8 Å². The standard InChI is InChI=1S/C40H24FN5/c41-35-20-18-29(23-31(35)25-42)39-43-38(28-13-9-12-27(22-28)26-10-3-1-4-11-26)44-40(45-39)30-19-21-37-34(24-30)33-16-7-8-17-36(33)46(37)32-14-5-2-6-15-32/h1-24H/i18D,20D,23D. The highest BCUT2D eigenvalue weighted by Gasteiger charge is 2.17. The predicted octanol–water partition coefficient (Wildman–Crippen LogP) is 9.65. The van der Waals surface area contributed by atoms with Crippen molar-refractivity contribution in [2.45, 2.75) is 0 Å². The maximum atomic E-state index is 14.8. The molecule has 0 saturated carbocycles. The van der Waals surface area contributed by atoms with Gasteiger partial charge in [-0.05, 0) is 71.7 Å². The summed E-state index contributed by atoms with van der Waals surface area (Å²) in [5.41, 5.74) is 5.42. The predicted molar refractivity (Wildman–Crippen MR) is 181 cm³/mol. The first-order chi connectivity index (χ1) is 23.9. The zero-order valence-corrected chi connectivity index (χ0v) is 24.2. The summed E-state index contributed by atoms with van der Waals surface area (Å²) in [6.45, 7) is 0. The van der Waals surface area contributed by atoms with Gasteiger partial charge in [0.25, 0.3) is 0 Å². The Morgan fingerprint density at radius 3 is 1.93 bits per heavy atom. The molecule has 6 aromatic carbocycles.